The van der Waals surface area contributed by atoms with Crippen molar-refractivity contribution in [3.05, 3.63) is 21.3 Å². The van der Waals surface area contributed by atoms with Crippen molar-refractivity contribution < 1.29 is 5.11 Å². The maximum atomic E-state index is 9.97. The minimum Gasteiger partial charge on any atom is -0.383 e. The summed E-state index contributed by atoms with van der Waals surface area (Å²) in [5, 5.41) is 12.4. The van der Waals surface area contributed by atoms with Gasteiger partial charge in [-0.2, -0.15) is 0 Å². The van der Waals surface area contributed by atoms with Crippen LogP contribution in [0.25, 0.3) is 0 Å². The molecule has 0 aliphatic carbocycles. The van der Waals surface area contributed by atoms with E-state index in [1.807, 2.05) is 12.3 Å². The van der Waals surface area contributed by atoms with Gasteiger partial charge >= 0.3 is 0 Å². The van der Waals surface area contributed by atoms with E-state index in [9.17, 15) is 5.11 Å². The highest BCUT2D eigenvalue weighted by atomic mass is 35.5. The van der Waals surface area contributed by atoms with Gasteiger partial charge < -0.3 is 10.8 Å². The molecule has 0 saturated carbocycles. The molecule has 0 bridgehead atoms. The summed E-state index contributed by atoms with van der Waals surface area (Å²) in [5.74, 6) is 0. The summed E-state index contributed by atoms with van der Waals surface area (Å²) in [5.41, 5.74) is 4.54. The smallest absolute Gasteiger partial charge is 0.112 e. The van der Waals surface area contributed by atoms with Gasteiger partial charge in [0, 0.05) is 6.54 Å². The number of thiophene rings is 1. The molecule has 0 aromatic carbocycles. The van der Waals surface area contributed by atoms with Crippen LogP contribution in [0.15, 0.2) is 11.4 Å². The van der Waals surface area contributed by atoms with E-state index in [-0.39, 0.29) is 6.54 Å². The van der Waals surface area contributed by atoms with E-state index in [0.29, 0.717) is 11.4 Å². The summed E-state index contributed by atoms with van der Waals surface area (Å²) in [7, 11) is 0. The van der Waals surface area contributed by atoms with Gasteiger partial charge in [0.25, 0.3) is 0 Å². The van der Waals surface area contributed by atoms with Crippen LogP contribution in [0.5, 0.6) is 0 Å². The molecule has 1 heterocycles. The monoisotopic (exact) mass is 205 g/mol. The van der Waals surface area contributed by atoms with Crippen molar-refractivity contribution in [2.75, 3.05) is 6.54 Å². The zero-order chi connectivity index (χ0) is 9.19. The topological polar surface area (TPSA) is 46.2 Å². The van der Waals surface area contributed by atoms with Crippen molar-refractivity contribution in [3.8, 4) is 0 Å². The summed E-state index contributed by atoms with van der Waals surface area (Å²) in [6.07, 6.45) is 0.587. The van der Waals surface area contributed by atoms with Gasteiger partial charge in [-0.1, -0.05) is 18.5 Å². The van der Waals surface area contributed by atoms with Crippen molar-refractivity contribution in [3.63, 3.8) is 0 Å². The van der Waals surface area contributed by atoms with Gasteiger partial charge in [-0.25, -0.2) is 0 Å². The Hall–Kier alpha value is -0.0900. The lowest BCUT2D eigenvalue weighted by Gasteiger charge is -2.23. The van der Waals surface area contributed by atoms with E-state index in [0.717, 1.165) is 4.88 Å². The van der Waals surface area contributed by atoms with Crippen molar-refractivity contribution >= 4 is 22.9 Å². The highest BCUT2D eigenvalue weighted by Crippen LogP contribution is 2.34. The maximum Gasteiger partial charge on any atom is 0.112 e. The average Bonchev–Trinajstić information content (AvgIpc) is 2.51. The summed E-state index contributed by atoms with van der Waals surface area (Å²) < 4.78 is 0. The molecule has 1 aromatic rings. The Kier molecular flexibility index (Phi) is 3.12. The first kappa shape index (κ1) is 9.99. The molecule has 0 aliphatic heterocycles. The lowest BCUT2D eigenvalue weighted by molar-refractivity contribution is 0.0457. The van der Waals surface area contributed by atoms with Crippen LogP contribution in [-0.2, 0) is 5.60 Å². The van der Waals surface area contributed by atoms with Crippen LogP contribution in [0.4, 0.5) is 0 Å². The van der Waals surface area contributed by atoms with Gasteiger partial charge in [0.1, 0.15) is 5.60 Å². The van der Waals surface area contributed by atoms with Gasteiger partial charge in [0.15, 0.2) is 0 Å². The summed E-state index contributed by atoms with van der Waals surface area (Å²) in [6, 6.07) is 1.78. The molecule has 0 amide bonds. The molecule has 1 unspecified atom stereocenters. The third-order valence-electron chi connectivity index (χ3n) is 1.96. The quantitative estimate of drug-likeness (QED) is 0.793. The second-order valence-corrected chi connectivity index (χ2v) is 4.01. The van der Waals surface area contributed by atoms with Gasteiger partial charge in [-0.05, 0) is 17.9 Å². The number of hydrogen-bond donors (Lipinski definition) is 2. The van der Waals surface area contributed by atoms with Crippen molar-refractivity contribution in [2.24, 2.45) is 5.73 Å². The number of rotatable bonds is 3. The Labute approximate surface area is 81.0 Å². The van der Waals surface area contributed by atoms with Crippen molar-refractivity contribution in [1.82, 2.24) is 0 Å². The van der Waals surface area contributed by atoms with Crippen LogP contribution in [0.1, 0.15) is 18.2 Å². The third-order valence-corrected chi connectivity index (χ3v) is 3.50. The molecule has 2 nitrogen and oxygen atoms in total. The Morgan fingerprint density at radius 2 is 2.42 bits per heavy atom. The van der Waals surface area contributed by atoms with E-state index in [4.69, 9.17) is 17.3 Å². The molecule has 0 radical (unpaired) electrons. The zero-order valence-corrected chi connectivity index (χ0v) is 8.45. The molecule has 1 rings (SSSR count). The first-order valence-corrected chi connectivity index (χ1v) is 5.05. The summed E-state index contributed by atoms with van der Waals surface area (Å²) in [4.78, 5) is 0.772. The zero-order valence-electron chi connectivity index (χ0n) is 6.88. The van der Waals surface area contributed by atoms with Crippen LogP contribution in [0.3, 0.4) is 0 Å². The number of nitrogens with two attached hydrogens (primary N) is 1. The molecular weight excluding hydrogens is 194 g/mol. The maximum absolute atomic E-state index is 9.97. The highest BCUT2D eigenvalue weighted by Gasteiger charge is 2.28. The minimum atomic E-state index is -0.939. The Morgan fingerprint density at radius 3 is 2.75 bits per heavy atom. The summed E-state index contributed by atoms with van der Waals surface area (Å²) >= 11 is 7.32. The molecule has 1 aromatic heterocycles. The van der Waals surface area contributed by atoms with Gasteiger partial charge in [0.05, 0.1) is 9.90 Å². The van der Waals surface area contributed by atoms with Crippen molar-refractivity contribution in [1.29, 1.82) is 0 Å². The van der Waals surface area contributed by atoms with Gasteiger partial charge in [-0.3, -0.25) is 0 Å². The summed E-state index contributed by atoms with van der Waals surface area (Å²) in [6.45, 7) is 2.10. The van der Waals surface area contributed by atoms with Gasteiger partial charge in [-0.15, -0.1) is 11.3 Å². The van der Waals surface area contributed by atoms with E-state index in [1.165, 1.54) is 11.3 Å². The molecule has 68 valence electrons. The SMILES string of the molecule is CCC(O)(CN)c1sccc1Cl. The standard InChI is InChI=1S/C8H12ClNOS/c1-2-8(11,5-10)7-6(9)3-4-12-7/h3-4,11H,2,5,10H2,1H3. The van der Waals surface area contributed by atoms with Crippen LogP contribution in [0.2, 0.25) is 5.02 Å². The first-order chi connectivity index (χ1) is 5.64. The normalized spacial score (nSPS) is 16.0. The van der Waals surface area contributed by atoms with E-state index in [2.05, 4.69) is 0 Å². The molecule has 0 spiro atoms. The third kappa shape index (κ3) is 1.64. The fraction of sp³-hybridized carbons (Fsp3) is 0.500. The largest absolute Gasteiger partial charge is 0.383 e. The molecule has 1 atom stereocenters. The van der Waals surface area contributed by atoms with Crippen LogP contribution < -0.4 is 5.73 Å². The predicted molar refractivity (Wildman–Crippen MR) is 52.6 cm³/mol. The Balaban J connectivity index is 3.02. The van der Waals surface area contributed by atoms with Crippen LogP contribution >= 0.6 is 22.9 Å². The average molecular weight is 206 g/mol. The second-order valence-electron chi connectivity index (χ2n) is 2.69. The van der Waals surface area contributed by atoms with E-state index in [1.54, 1.807) is 6.07 Å². The molecule has 0 fully saturated rings. The fourth-order valence-corrected chi connectivity index (χ4v) is 2.44. The van der Waals surface area contributed by atoms with Crippen LogP contribution in [0, 0.1) is 0 Å². The minimum absolute atomic E-state index is 0.212. The highest BCUT2D eigenvalue weighted by molar-refractivity contribution is 7.10. The van der Waals surface area contributed by atoms with E-state index < -0.39 is 5.60 Å². The van der Waals surface area contributed by atoms with E-state index >= 15 is 0 Å². The van der Waals surface area contributed by atoms with Crippen molar-refractivity contribution in [2.45, 2.75) is 18.9 Å². The number of halogens is 1. The molecule has 12 heavy (non-hydrogen) atoms. The lowest BCUT2D eigenvalue weighted by Crippen LogP contribution is -2.33. The predicted octanol–water partition coefficient (Wildman–Crippen LogP) is 1.96. The Morgan fingerprint density at radius 1 is 1.75 bits per heavy atom. The molecule has 0 saturated heterocycles. The fourth-order valence-electron chi connectivity index (χ4n) is 1.02. The number of aliphatic hydroxyl groups is 1. The second kappa shape index (κ2) is 3.75. The Bertz CT molecular complexity index is 257. The van der Waals surface area contributed by atoms with Crippen LogP contribution in [-0.4, -0.2) is 11.7 Å². The lowest BCUT2D eigenvalue weighted by atomic mass is 9.99. The number of hydrogen-bond acceptors (Lipinski definition) is 3. The molecular formula is C8H12ClNOS. The first-order valence-electron chi connectivity index (χ1n) is 3.80. The molecule has 3 N–H and O–H groups in total. The molecule has 4 heteroatoms. The molecule has 0 aliphatic rings. The van der Waals surface area contributed by atoms with Gasteiger partial charge in [0.2, 0.25) is 0 Å².